The van der Waals surface area contributed by atoms with E-state index in [4.69, 9.17) is 5.11 Å². The van der Waals surface area contributed by atoms with Crippen LogP contribution in [0.3, 0.4) is 0 Å². The topological polar surface area (TPSA) is 61.4 Å². The van der Waals surface area contributed by atoms with Crippen molar-refractivity contribution in [1.82, 2.24) is 10.6 Å². The number of carbonyl (C=O) groups is 1. The molecule has 0 aliphatic carbocycles. The third-order valence-corrected chi connectivity index (χ3v) is 3.77. The first-order valence-corrected chi connectivity index (χ1v) is 7.20. The minimum atomic E-state index is -0.0521. The highest BCUT2D eigenvalue weighted by atomic mass is 16.2. The number of hydrogen-bond acceptors (Lipinski definition) is 3. The molecule has 106 valence electrons. The van der Waals surface area contributed by atoms with E-state index in [0.717, 1.165) is 51.6 Å². The largest absolute Gasteiger partial charge is 0.396 e. The number of nitrogens with one attached hydrogen (secondary N) is 2. The Bertz CT molecular complexity index is 254. The van der Waals surface area contributed by atoms with Crippen LogP contribution in [-0.2, 0) is 4.79 Å². The molecular formula is C14H28N2O2. The fourth-order valence-electron chi connectivity index (χ4n) is 2.56. The van der Waals surface area contributed by atoms with Crippen LogP contribution in [0.5, 0.6) is 0 Å². The molecule has 1 saturated heterocycles. The number of aliphatic hydroxyl groups excluding tert-OH is 1. The molecule has 4 heteroatoms. The number of hydrogen-bond donors (Lipinski definition) is 3. The van der Waals surface area contributed by atoms with Crippen LogP contribution in [0, 0.1) is 5.41 Å². The molecule has 18 heavy (non-hydrogen) atoms. The quantitative estimate of drug-likeness (QED) is 0.604. The summed E-state index contributed by atoms with van der Waals surface area (Å²) in [5.74, 6) is 0.141. The van der Waals surface area contributed by atoms with Crippen LogP contribution < -0.4 is 10.6 Å². The lowest BCUT2D eigenvalue weighted by molar-refractivity contribution is -0.126. The molecule has 0 aromatic carbocycles. The van der Waals surface area contributed by atoms with Crippen LogP contribution in [0.2, 0.25) is 0 Å². The molecule has 3 N–H and O–H groups in total. The highest BCUT2D eigenvalue weighted by Crippen LogP contribution is 2.29. The first kappa shape index (κ1) is 15.4. The smallest absolute Gasteiger partial charge is 0.237 e. The van der Waals surface area contributed by atoms with Crippen LogP contribution in [0.4, 0.5) is 0 Å². The van der Waals surface area contributed by atoms with Crippen molar-refractivity contribution in [2.75, 3.05) is 19.7 Å². The zero-order valence-electron chi connectivity index (χ0n) is 11.8. The molecule has 1 fully saturated rings. The molecule has 1 aliphatic rings. The summed E-state index contributed by atoms with van der Waals surface area (Å²) >= 11 is 0. The summed E-state index contributed by atoms with van der Waals surface area (Å²) < 4.78 is 0. The molecule has 1 rings (SSSR count). The van der Waals surface area contributed by atoms with Crippen molar-refractivity contribution < 1.29 is 9.90 Å². The van der Waals surface area contributed by atoms with E-state index >= 15 is 0 Å². The van der Waals surface area contributed by atoms with E-state index in [9.17, 15) is 4.79 Å². The highest BCUT2D eigenvalue weighted by molar-refractivity contribution is 5.82. The summed E-state index contributed by atoms with van der Waals surface area (Å²) in [4.78, 5) is 12.1. The van der Waals surface area contributed by atoms with Gasteiger partial charge in [-0.05, 0) is 37.6 Å². The Kier molecular flexibility index (Phi) is 6.65. The van der Waals surface area contributed by atoms with Crippen molar-refractivity contribution in [3.8, 4) is 0 Å². The van der Waals surface area contributed by atoms with Gasteiger partial charge in [-0.3, -0.25) is 4.79 Å². The van der Waals surface area contributed by atoms with Gasteiger partial charge < -0.3 is 15.7 Å². The van der Waals surface area contributed by atoms with Crippen molar-refractivity contribution in [2.24, 2.45) is 5.41 Å². The average Bonchev–Trinajstić information content (AvgIpc) is 2.32. The maximum absolute atomic E-state index is 12.1. The number of piperidine rings is 1. The van der Waals surface area contributed by atoms with E-state index in [0.29, 0.717) is 0 Å². The number of amides is 1. The van der Waals surface area contributed by atoms with Gasteiger partial charge in [0.1, 0.15) is 0 Å². The standard InChI is InChI=1S/C14H28N2O2/c1-14(2)8-7-10-15-12(14)13(18)16-9-5-3-4-6-11-17/h12,15,17H,3-11H2,1-2H3,(H,16,18). The van der Waals surface area contributed by atoms with Crippen LogP contribution in [-0.4, -0.2) is 36.8 Å². The molecule has 1 atom stereocenters. The van der Waals surface area contributed by atoms with Crippen LogP contribution in [0.15, 0.2) is 0 Å². The maximum atomic E-state index is 12.1. The second-order valence-corrected chi connectivity index (χ2v) is 5.91. The molecule has 1 aliphatic heterocycles. The lowest BCUT2D eigenvalue weighted by atomic mass is 9.77. The van der Waals surface area contributed by atoms with Crippen molar-refractivity contribution >= 4 is 5.91 Å². The zero-order valence-corrected chi connectivity index (χ0v) is 11.8. The molecule has 1 heterocycles. The fraction of sp³-hybridized carbons (Fsp3) is 0.929. The normalized spacial score (nSPS) is 22.7. The predicted octanol–water partition coefficient (Wildman–Crippen LogP) is 1.43. The minimum absolute atomic E-state index is 0.0521. The van der Waals surface area contributed by atoms with Gasteiger partial charge >= 0.3 is 0 Å². The van der Waals surface area contributed by atoms with Gasteiger partial charge in [0.05, 0.1) is 6.04 Å². The van der Waals surface area contributed by atoms with Gasteiger partial charge in [-0.1, -0.05) is 26.7 Å². The Morgan fingerprint density at radius 3 is 2.72 bits per heavy atom. The Hall–Kier alpha value is -0.610. The average molecular weight is 256 g/mol. The molecule has 0 radical (unpaired) electrons. The summed E-state index contributed by atoms with van der Waals surface area (Å²) in [5.41, 5.74) is 0.0548. The molecule has 0 saturated carbocycles. The van der Waals surface area contributed by atoms with Crippen molar-refractivity contribution in [2.45, 2.75) is 58.4 Å². The second kappa shape index (κ2) is 7.74. The van der Waals surface area contributed by atoms with Gasteiger partial charge in [-0.15, -0.1) is 0 Å². The molecule has 0 aromatic rings. The third kappa shape index (κ3) is 4.94. The van der Waals surface area contributed by atoms with E-state index < -0.39 is 0 Å². The number of rotatable bonds is 7. The van der Waals surface area contributed by atoms with Crippen LogP contribution in [0.1, 0.15) is 52.4 Å². The summed E-state index contributed by atoms with van der Waals surface area (Å²) in [7, 11) is 0. The third-order valence-electron chi connectivity index (χ3n) is 3.77. The van der Waals surface area contributed by atoms with Crippen molar-refractivity contribution in [3.63, 3.8) is 0 Å². The number of aliphatic hydroxyl groups is 1. The second-order valence-electron chi connectivity index (χ2n) is 5.91. The molecule has 0 aromatic heterocycles. The summed E-state index contributed by atoms with van der Waals surface area (Å²) in [6.07, 6.45) is 6.23. The molecule has 1 amide bonds. The van der Waals surface area contributed by atoms with Gasteiger partial charge in [-0.2, -0.15) is 0 Å². The van der Waals surface area contributed by atoms with E-state index in [1.165, 1.54) is 0 Å². The summed E-state index contributed by atoms with van der Waals surface area (Å²) in [5, 5.41) is 15.0. The van der Waals surface area contributed by atoms with Gasteiger partial charge in [0.15, 0.2) is 0 Å². The SMILES string of the molecule is CC1(C)CCCNC1C(=O)NCCCCCCO. The van der Waals surface area contributed by atoms with Crippen molar-refractivity contribution in [1.29, 1.82) is 0 Å². The Morgan fingerprint density at radius 1 is 1.33 bits per heavy atom. The van der Waals surface area contributed by atoms with Gasteiger partial charge in [0.2, 0.25) is 5.91 Å². The fourth-order valence-corrected chi connectivity index (χ4v) is 2.56. The molecule has 4 nitrogen and oxygen atoms in total. The molecule has 0 spiro atoms. The Morgan fingerprint density at radius 2 is 2.06 bits per heavy atom. The molecule has 1 unspecified atom stereocenters. The lowest BCUT2D eigenvalue weighted by Gasteiger charge is -2.38. The van der Waals surface area contributed by atoms with Crippen LogP contribution in [0.25, 0.3) is 0 Å². The molecule has 0 bridgehead atoms. The van der Waals surface area contributed by atoms with E-state index in [2.05, 4.69) is 24.5 Å². The van der Waals surface area contributed by atoms with Gasteiger partial charge in [0.25, 0.3) is 0 Å². The first-order valence-electron chi connectivity index (χ1n) is 7.20. The molecular weight excluding hydrogens is 228 g/mol. The minimum Gasteiger partial charge on any atom is -0.396 e. The van der Waals surface area contributed by atoms with E-state index in [-0.39, 0.29) is 24.0 Å². The van der Waals surface area contributed by atoms with E-state index in [1.54, 1.807) is 0 Å². The Balaban J connectivity index is 2.19. The summed E-state index contributed by atoms with van der Waals surface area (Å²) in [6, 6.07) is -0.0521. The number of unbranched alkanes of at least 4 members (excludes halogenated alkanes) is 3. The summed E-state index contributed by atoms with van der Waals surface area (Å²) in [6.45, 7) is 6.28. The maximum Gasteiger partial charge on any atom is 0.237 e. The predicted molar refractivity (Wildman–Crippen MR) is 73.4 cm³/mol. The zero-order chi connectivity index (χ0) is 13.4. The highest BCUT2D eigenvalue weighted by Gasteiger charge is 2.36. The number of carbonyl (C=O) groups excluding carboxylic acids is 1. The van der Waals surface area contributed by atoms with Crippen molar-refractivity contribution in [3.05, 3.63) is 0 Å². The van der Waals surface area contributed by atoms with E-state index in [1.807, 2.05) is 0 Å². The Labute approximate surface area is 111 Å². The van der Waals surface area contributed by atoms with Gasteiger partial charge in [-0.25, -0.2) is 0 Å². The first-order chi connectivity index (χ1) is 8.58. The monoisotopic (exact) mass is 256 g/mol. The van der Waals surface area contributed by atoms with Gasteiger partial charge in [0, 0.05) is 13.2 Å². The van der Waals surface area contributed by atoms with Crippen LogP contribution >= 0.6 is 0 Å². The lowest BCUT2D eigenvalue weighted by Crippen LogP contribution is -2.55.